The third-order valence-electron chi connectivity index (χ3n) is 5.32. The topological polar surface area (TPSA) is 0 Å². The normalized spacial score (nSPS) is 17.2. The van der Waals surface area contributed by atoms with Crippen molar-refractivity contribution in [2.45, 2.75) is 40.7 Å². The van der Waals surface area contributed by atoms with Crippen molar-refractivity contribution in [1.82, 2.24) is 0 Å². The van der Waals surface area contributed by atoms with Gasteiger partial charge in [0.2, 0.25) is 0 Å². The van der Waals surface area contributed by atoms with Gasteiger partial charge in [0.15, 0.2) is 0 Å². The summed E-state index contributed by atoms with van der Waals surface area (Å²) in [5.74, 6) is 0. The van der Waals surface area contributed by atoms with Gasteiger partial charge in [-0.2, -0.15) is 0 Å². The highest BCUT2D eigenvalue weighted by Crippen LogP contribution is 2.38. The van der Waals surface area contributed by atoms with Crippen LogP contribution in [0.1, 0.15) is 32.8 Å². The predicted molar refractivity (Wildman–Crippen MR) is 109 cm³/mol. The van der Waals surface area contributed by atoms with E-state index in [1.807, 2.05) is 0 Å². The first-order valence-electron chi connectivity index (χ1n) is 8.87. The van der Waals surface area contributed by atoms with Crippen LogP contribution >= 0.6 is 0 Å². The van der Waals surface area contributed by atoms with E-state index >= 15 is 0 Å². The zero-order valence-electron chi connectivity index (χ0n) is 15.6. The average Bonchev–Trinajstić information content (AvgIpc) is 3.06. The summed E-state index contributed by atoms with van der Waals surface area (Å²) in [6.45, 7) is 11.7. The molecule has 0 bridgehead atoms. The Labute approximate surface area is 147 Å². The Bertz CT molecular complexity index is 773. The minimum Gasteiger partial charge on any atom is -0.0805 e. The van der Waals surface area contributed by atoms with E-state index in [4.69, 9.17) is 0 Å². The van der Waals surface area contributed by atoms with Crippen LogP contribution < -0.4 is 10.4 Å². The minimum atomic E-state index is -1.95. The maximum Gasteiger partial charge on any atom is 0.141 e. The summed E-state index contributed by atoms with van der Waals surface area (Å²) in [7, 11) is -1.95. The summed E-state index contributed by atoms with van der Waals surface area (Å²) < 4.78 is 0. The second-order valence-electron chi connectivity index (χ2n) is 8.11. The largest absolute Gasteiger partial charge is 0.141 e. The molecular formula is C23H28Si. The smallest absolute Gasteiger partial charge is 0.0805 e. The fourth-order valence-corrected chi connectivity index (χ4v) is 8.10. The Morgan fingerprint density at radius 3 is 2.00 bits per heavy atom. The molecule has 3 rings (SSSR count). The Hall–Kier alpha value is -1.86. The van der Waals surface area contributed by atoms with Crippen molar-refractivity contribution in [3.63, 3.8) is 0 Å². The summed E-state index contributed by atoms with van der Waals surface area (Å²) in [6.07, 6.45) is 5.83. The van der Waals surface area contributed by atoms with E-state index in [-0.39, 0.29) is 5.41 Å². The Balaban J connectivity index is 2.26. The molecule has 124 valence electrons. The van der Waals surface area contributed by atoms with Crippen LogP contribution in [0.2, 0.25) is 6.55 Å². The first-order valence-corrected chi connectivity index (χ1v) is 11.4. The molecule has 0 fully saturated rings. The van der Waals surface area contributed by atoms with E-state index in [0.29, 0.717) is 0 Å². The van der Waals surface area contributed by atoms with E-state index in [9.17, 15) is 0 Å². The van der Waals surface area contributed by atoms with Crippen LogP contribution in [0.15, 0.2) is 77.5 Å². The van der Waals surface area contributed by atoms with Crippen LogP contribution in [-0.2, 0) is 0 Å². The highest BCUT2D eigenvalue weighted by atomic mass is 28.3. The van der Waals surface area contributed by atoms with Crippen molar-refractivity contribution >= 4 is 18.4 Å². The zero-order valence-corrected chi connectivity index (χ0v) is 16.6. The zero-order chi connectivity index (χ0) is 17.4. The summed E-state index contributed by atoms with van der Waals surface area (Å²) in [6, 6.07) is 20.4. The highest BCUT2D eigenvalue weighted by Gasteiger charge is 2.39. The van der Waals surface area contributed by atoms with E-state index in [0.717, 1.165) is 6.42 Å². The molecule has 0 nitrogen and oxygen atoms in total. The lowest BCUT2D eigenvalue weighted by Crippen LogP contribution is -2.58. The second-order valence-corrected chi connectivity index (χ2v) is 12.1. The molecule has 2 aromatic carbocycles. The lowest BCUT2D eigenvalue weighted by molar-refractivity contribution is 0.516. The fraction of sp³-hybridized carbons (Fsp3) is 0.304. The van der Waals surface area contributed by atoms with Gasteiger partial charge in [0.1, 0.15) is 8.07 Å². The number of aryl methyl sites for hydroxylation is 1. The Morgan fingerprint density at radius 2 is 1.42 bits per heavy atom. The maximum absolute atomic E-state index is 2.53. The van der Waals surface area contributed by atoms with Crippen LogP contribution in [0, 0.1) is 12.3 Å². The van der Waals surface area contributed by atoms with Gasteiger partial charge >= 0.3 is 0 Å². The second kappa shape index (κ2) is 6.21. The lowest BCUT2D eigenvalue weighted by Gasteiger charge is -2.34. The van der Waals surface area contributed by atoms with Crippen molar-refractivity contribution in [2.75, 3.05) is 0 Å². The van der Waals surface area contributed by atoms with Gasteiger partial charge in [-0.15, -0.1) is 0 Å². The number of benzene rings is 2. The number of rotatable bonds is 3. The Kier molecular flexibility index (Phi) is 4.40. The van der Waals surface area contributed by atoms with Crippen molar-refractivity contribution in [3.8, 4) is 0 Å². The molecule has 0 saturated heterocycles. The Morgan fingerprint density at radius 1 is 0.833 bits per heavy atom. The highest BCUT2D eigenvalue weighted by molar-refractivity contribution is 7.06. The molecule has 0 N–H and O–H groups in total. The summed E-state index contributed by atoms with van der Waals surface area (Å²) in [5.41, 5.74) is 3.06. The fourth-order valence-electron chi connectivity index (χ4n) is 3.85. The molecule has 0 spiro atoms. The molecule has 2 aromatic rings. The molecule has 1 aliphatic carbocycles. The molecular weight excluding hydrogens is 304 g/mol. The van der Waals surface area contributed by atoms with Crippen LogP contribution in [0.3, 0.4) is 0 Å². The molecule has 0 aromatic heterocycles. The number of hydrogen-bond acceptors (Lipinski definition) is 0. The van der Waals surface area contributed by atoms with E-state index < -0.39 is 8.07 Å². The van der Waals surface area contributed by atoms with Crippen LogP contribution in [-0.4, -0.2) is 8.07 Å². The molecule has 1 atom stereocenters. The molecule has 0 heterocycles. The van der Waals surface area contributed by atoms with Crippen LogP contribution in [0.5, 0.6) is 0 Å². The van der Waals surface area contributed by atoms with E-state index in [1.165, 1.54) is 15.9 Å². The minimum absolute atomic E-state index is 0.191. The van der Waals surface area contributed by atoms with Crippen molar-refractivity contribution in [1.29, 1.82) is 0 Å². The van der Waals surface area contributed by atoms with Gasteiger partial charge in [0, 0.05) is 0 Å². The van der Waals surface area contributed by atoms with Crippen molar-refractivity contribution in [2.24, 2.45) is 5.41 Å². The molecule has 0 saturated carbocycles. The third-order valence-corrected chi connectivity index (χ3v) is 9.98. The molecule has 0 amide bonds. The standard InChI is InChI=1S/C23H28Si/c1-18-14-16-20(17-15-18)24(5,19-10-7-6-8-11-19)22-13-9-12-21(22)23(2,3)4/h6-12,14-17H,13H2,1-5H3. The van der Waals surface area contributed by atoms with Gasteiger partial charge in [-0.3, -0.25) is 0 Å². The molecule has 1 unspecified atom stereocenters. The molecule has 24 heavy (non-hydrogen) atoms. The monoisotopic (exact) mass is 332 g/mol. The van der Waals surface area contributed by atoms with Crippen molar-refractivity contribution in [3.05, 3.63) is 83.1 Å². The summed E-state index contributed by atoms with van der Waals surface area (Å²) in [5, 5.41) is 4.69. The first kappa shape index (κ1) is 17.0. The number of allylic oxidation sites excluding steroid dienone is 4. The van der Waals surface area contributed by atoms with Crippen LogP contribution in [0.25, 0.3) is 0 Å². The third kappa shape index (κ3) is 2.93. The van der Waals surface area contributed by atoms with Crippen molar-refractivity contribution < 1.29 is 0 Å². The predicted octanol–water partition coefficient (Wildman–Crippen LogP) is 5.03. The summed E-state index contributed by atoms with van der Waals surface area (Å²) in [4.78, 5) is 0. The van der Waals surface area contributed by atoms with Crippen LogP contribution in [0.4, 0.5) is 0 Å². The van der Waals surface area contributed by atoms with E-state index in [2.05, 4.69) is 101 Å². The van der Waals surface area contributed by atoms with Gasteiger partial charge in [-0.1, -0.05) is 105 Å². The first-order chi connectivity index (χ1) is 11.3. The average molecular weight is 333 g/mol. The quantitative estimate of drug-likeness (QED) is 0.692. The number of hydrogen-bond donors (Lipinski definition) is 0. The van der Waals surface area contributed by atoms with Gasteiger partial charge in [-0.25, -0.2) is 0 Å². The molecule has 0 radical (unpaired) electrons. The van der Waals surface area contributed by atoms with E-state index in [1.54, 1.807) is 10.8 Å². The molecule has 0 aliphatic heterocycles. The van der Waals surface area contributed by atoms with Gasteiger partial charge in [-0.05, 0) is 34.7 Å². The van der Waals surface area contributed by atoms with Gasteiger partial charge in [0.25, 0.3) is 0 Å². The summed E-state index contributed by atoms with van der Waals surface area (Å²) >= 11 is 0. The maximum atomic E-state index is 2.53. The molecule has 1 aliphatic rings. The lowest BCUT2D eigenvalue weighted by atomic mass is 9.87. The van der Waals surface area contributed by atoms with Gasteiger partial charge in [0.05, 0.1) is 0 Å². The molecule has 1 heteroatoms. The SMILES string of the molecule is Cc1ccc([Si](C)(C2=C(C(C)(C)C)C=CC2)c2ccccc2)cc1. The van der Waals surface area contributed by atoms with Gasteiger partial charge < -0.3 is 0 Å².